The number of nitrogens with two attached hydrogens (primary N) is 1. The fourth-order valence-corrected chi connectivity index (χ4v) is 2.08. The van der Waals surface area contributed by atoms with Crippen LogP contribution < -0.4 is 5.73 Å². The molecule has 1 aromatic carbocycles. The highest BCUT2D eigenvalue weighted by Crippen LogP contribution is 2.28. The number of aromatic nitrogens is 3. The van der Waals surface area contributed by atoms with Gasteiger partial charge in [-0.1, -0.05) is 18.2 Å². The Labute approximate surface area is 105 Å². The van der Waals surface area contributed by atoms with Crippen LogP contribution in [0.2, 0.25) is 0 Å². The lowest BCUT2D eigenvalue weighted by Crippen LogP contribution is -2.30. The van der Waals surface area contributed by atoms with Gasteiger partial charge in [-0.25, -0.2) is 4.98 Å². The van der Waals surface area contributed by atoms with Crippen molar-refractivity contribution in [1.82, 2.24) is 15.0 Å². The second kappa shape index (κ2) is 3.71. The number of aromatic amines is 2. The minimum atomic E-state index is -0.454. The van der Waals surface area contributed by atoms with Crippen LogP contribution >= 0.6 is 0 Å². The number of nitrogens with zero attached hydrogens (tertiary/aromatic N) is 1. The molecule has 0 amide bonds. The Morgan fingerprint density at radius 2 is 2.00 bits per heavy atom. The third-order valence-electron chi connectivity index (χ3n) is 3.07. The van der Waals surface area contributed by atoms with Crippen LogP contribution in [0.15, 0.2) is 36.7 Å². The van der Waals surface area contributed by atoms with Crippen LogP contribution in [-0.4, -0.2) is 15.0 Å². The Hall–Kier alpha value is -2.07. The first-order chi connectivity index (χ1) is 8.55. The molecule has 0 saturated heterocycles. The van der Waals surface area contributed by atoms with Crippen molar-refractivity contribution in [3.63, 3.8) is 0 Å². The van der Waals surface area contributed by atoms with Gasteiger partial charge in [-0.05, 0) is 19.9 Å². The molecule has 0 fully saturated rings. The summed E-state index contributed by atoms with van der Waals surface area (Å²) in [6, 6.07) is 8.20. The van der Waals surface area contributed by atoms with Crippen molar-refractivity contribution in [2.24, 2.45) is 5.73 Å². The van der Waals surface area contributed by atoms with E-state index in [-0.39, 0.29) is 0 Å². The van der Waals surface area contributed by atoms with Gasteiger partial charge in [0.05, 0.1) is 17.4 Å². The highest BCUT2D eigenvalue weighted by atomic mass is 15.0. The lowest BCUT2D eigenvalue weighted by Gasteiger charge is -2.14. The van der Waals surface area contributed by atoms with Crippen LogP contribution in [0.25, 0.3) is 22.2 Å². The highest BCUT2D eigenvalue weighted by molar-refractivity contribution is 5.94. The van der Waals surface area contributed by atoms with Crippen LogP contribution in [0.5, 0.6) is 0 Å². The van der Waals surface area contributed by atoms with E-state index in [2.05, 4.69) is 27.1 Å². The smallest absolute Gasteiger partial charge is 0.126 e. The zero-order chi connectivity index (χ0) is 12.8. The molecule has 0 radical (unpaired) electrons. The largest absolute Gasteiger partial charge is 0.360 e. The molecule has 0 bridgehead atoms. The van der Waals surface area contributed by atoms with Gasteiger partial charge in [0.2, 0.25) is 0 Å². The summed E-state index contributed by atoms with van der Waals surface area (Å²) < 4.78 is 0. The monoisotopic (exact) mass is 240 g/mol. The van der Waals surface area contributed by atoms with E-state index < -0.39 is 5.54 Å². The van der Waals surface area contributed by atoms with E-state index >= 15 is 0 Å². The molecule has 3 rings (SSSR count). The predicted octanol–water partition coefficient (Wildman–Crippen LogP) is 2.75. The number of H-pyrrole nitrogens is 2. The van der Waals surface area contributed by atoms with Gasteiger partial charge in [-0.2, -0.15) is 0 Å². The summed E-state index contributed by atoms with van der Waals surface area (Å²) in [6.45, 7) is 3.87. The van der Waals surface area contributed by atoms with E-state index in [0.717, 1.165) is 22.6 Å². The van der Waals surface area contributed by atoms with Crippen molar-refractivity contribution in [3.8, 4) is 11.3 Å². The summed E-state index contributed by atoms with van der Waals surface area (Å²) in [5.41, 5.74) is 8.81. The SMILES string of the molecule is CC(C)(N)c1ncc(-c2c[nH]c3ccccc23)[nH]1. The maximum atomic E-state index is 6.03. The fourth-order valence-electron chi connectivity index (χ4n) is 2.08. The maximum Gasteiger partial charge on any atom is 0.126 e. The molecule has 4 nitrogen and oxygen atoms in total. The summed E-state index contributed by atoms with van der Waals surface area (Å²) in [5.74, 6) is 0.794. The third kappa shape index (κ3) is 1.71. The van der Waals surface area contributed by atoms with Crippen LogP contribution in [0, 0.1) is 0 Å². The number of imidazole rings is 1. The second-order valence-corrected chi connectivity index (χ2v) is 5.12. The Morgan fingerprint density at radius 3 is 2.72 bits per heavy atom. The quantitative estimate of drug-likeness (QED) is 0.644. The third-order valence-corrected chi connectivity index (χ3v) is 3.07. The van der Waals surface area contributed by atoms with Gasteiger partial charge in [0.25, 0.3) is 0 Å². The molecule has 0 atom stereocenters. The van der Waals surface area contributed by atoms with E-state index in [4.69, 9.17) is 5.73 Å². The minimum Gasteiger partial charge on any atom is -0.360 e. The molecule has 0 saturated carbocycles. The summed E-state index contributed by atoms with van der Waals surface area (Å²) in [7, 11) is 0. The van der Waals surface area contributed by atoms with Gasteiger partial charge in [0.15, 0.2) is 0 Å². The van der Waals surface area contributed by atoms with Crippen LogP contribution in [0.1, 0.15) is 19.7 Å². The van der Waals surface area contributed by atoms with Crippen molar-refractivity contribution in [2.75, 3.05) is 0 Å². The number of rotatable bonds is 2. The first kappa shape index (κ1) is 11.0. The lowest BCUT2D eigenvalue weighted by atomic mass is 10.1. The number of hydrogen-bond acceptors (Lipinski definition) is 2. The normalized spacial score (nSPS) is 12.2. The molecule has 2 aromatic heterocycles. The average Bonchev–Trinajstić information content (AvgIpc) is 2.94. The molecule has 0 unspecified atom stereocenters. The van der Waals surface area contributed by atoms with Crippen molar-refractivity contribution >= 4 is 10.9 Å². The predicted molar refractivity (Wildman–Crippen MR) is 73.1 cm³/mol. The Kier molecular flexibility index (Phi) is 2.28. The van der Waals surface area contributed by atoms with Crippen molar-refractivity contribution in [3.05, 3.63) is 42.5 Å². The number of nitrogens with one attached hydrogen (secondary N) is 2. The molecule has 4 heteroatoms. The van der Waals surface area contributed by atoms with Gasteiger partial charge in [-0.15, -0.1) is 0 Å². The molecule has 0 aliphatic carbocycles. The minimum absolute atomic E-state index is 0.454. The zero-order valence-corrected chi connectivity index (χ0v) is 10.5. The molecular formula is C14H16N4. The van der Waals surface area contributed by atoms with Crippen molar-refractivity contribution < 1.29 is 0 Å². The number of fused-ring (bicyclic) bond motifs is 1. The summed E-state index contributed by atoms with van der Waals surface area (Å²) in [6.07, 6.45) is 3.82. The van der Waals surface area contributed by atoms with E-state index in [1.807, 2.05) is 38.4 Å². The first-order valence-electron chi connectivity index (χ1n) is 5.96. The number of para-hydroxylation sites is 1. The zero-order valence-electron chi connectivity index (χ0n) is 10.5. The molecule has 18 heavy (non-hydrogen) atoms. The van der Waals surface area contributed by atoms with E-state index in [1.165, 1.54) is 5.39 Å². The Balaban J connectivity index is 2.13. The fraction of sp³-hybridized carbons (Fsp3) is 0.214. The molecule has 0 aliphatic rings. The van der Waals surface area contributed by atoms with Crippen LogP contribution in [0.4, 0.5) is 0 Å². The van der Waals surface area contributed by atoms with Gasteiger partial charge in [-0.3, -0.25) is 0 Å². The lowest BCUT2D eigenvalue weighted by molar-refractivity contribution is 0.520. The maximum absolute atomic E-state index is 6.03. The first-order valence-corrected chi connectivity index (χ1v) is 5.96. The average molecular weight is 240 g/mol. The van der Waals surface area contributed by atoms with Crippen molar-refractivity contribution in [2.45, 2.75) is 19.4 Å². The topological polar surface area (TPSA) is 70.5 Å². The molecule has 0 spiro atoms. The molecule has 92 valence electrons. The number of benzene rings is 1. The Bertz CT molecular complexity index is 685. The van der Waals surface area contributed by atoms with Crippen LogP contribution in [-0.2, 0) is 5.54 Å². The van der Waals surface area contributed by atoms with Gasteiger partial charge in [0.1, 0.15) is 5.82 Å². The summed E-state index contributed by atoms with van der Waals surface area (Å²) in [5, 5.41) is 1.18. The number of hydrogen-bond donors (Lipinski definition) is 3. The van der Waals surface area contributed by atoms with Crippen LogP contribution in [0.3, 0.4) is 0 Å². The van der Waals surface area contributed by atoms with E-state index in [0.29, 0.717) is 0 Å². The summed E-state index contributed by atoms with van der Waals surface area (Å²) in [4.78, 5) is 10.9. The molecule has 3 aromatic rings. The highest BCUT2D eigenvalue weighted by Gasteiger charge is 2.19. The molecule has 2 heterocycles. The standard InChI is InChI=1S/C14H16N4/c1-14(2,15)13-17-8-12(18-13)10-7-16-11-6-4-3-5-9(10)11/h3-8,16H,15H2,1-2H3,(H,17,18). The van der Waals surface area contributed by atoms with Gasteiger partial charge in [0, 0.05) is 22.7 Å². The summed E-state index contributed by atoms with van der Waals surface area (Å²) >= 11 is 0. The molecule has 4 N–H and O–H groups in total. The van der Waals surface area contributed by atoms with Crippen molar-refractivity contribution in [1.29, 1.82) is 0 Å². The molecule has 0 aliphatic heterocycles. The molecular weight excluding hydrogens is 224 g/mol. The van der Waals surface area contributed by atoms with E-state index in [1.54, 1.807) is 0 Å². The van der Waals surface area contributed by atoms with E-state index in [9.17, 15) is 0 Å². The Morgan fingerprint density at radius 1 is 1.22 bits per heavy atom. The van der Waals surface area contributed by atoms with Gasteiger partial charge >= 0.3 is 0 Å². The van der Waals surface area contributed by atoms with Gasteiger partial charge < -0.3 is 15.7 Å². The second-order valence-electron chi connectivity index (χ2n) is 5.12.